The quantitative estimate of drug-likeness (QED) is 0.466. The second-order valence-electron chi connectivity index (χ2n) is 5.63. The van der Waals surface area contributed by atoms with Crippen LogP contribution in [0.3, 0.4) is 0 Å². The van der Waals surface area contributed by atoms with Crippen molar-refractivity contribution in [3.63, 3.8) is 0 Å². The molecular weight excluding hydrogens is 354 g/mol. The lowest BCUT2D eigenvalue weighted by molar-refractivity contribution is -0.393. The lowest BCUT2D eigenvalue weighted by atomic mass is 10.1. The number of nitrogens with one attached hydrogen (secondary N) is 1. The number of hydrogen-bond donors (Lipinski definition) is 1. The molecule has 0 atom stereocenters. The van der Waals surface area contributed by atoms with Gasteiger partial charge < -0.3 is 10.2 Å². The number of hydrogen-bond acceptors (Lipinski definition) is 9. The third-order valence-electron chi connectivity index (χ3n) is 4.03. The molecule has 1 aromatic rings. The molecule has 11 heteroatoms. The summed E-state index contributed by atoms with van der Waals surface area (Å²) in [6.45, 7) is 1.11. The Morgan fingerprint density at radius 2 is 1.56 bits per heavy atom. The standard InChI is InChI=1S/C16H13N7O4/c17-8-11(9-18)13(10-19)20-12-6-15(21-4-2-1-3-5-21)16(23(26)27)7-14(12)22(24)25/h6-7,20H,1-5H2. The van der Waals surface area contributed by atoms with E-state index in [0.29, 0.717) is 13.1 Å². The fraction of sp³-hybridized carbons (Fsp3) is 0.312. The van der Waals surface area contributed by atoms with Gasteiger partial charge in [-0.3, -0.25) is 20.2 Å². The van der Waals surface area contributed by atoms with Gasteiger partial charge in [-0.1, -0.05) is 0 Å². The maximum atomic E-state index is 11.4. The summed E-state index contributed by atoms with van der Waals surface area (Å²) in [7, 11) is 0. The van der Waals surface area contributed by atoms with E-state index in [1.807, 2.05) is 0 Å². The summed E-state index contributed by atoms with van der Waals surface area (Å²) in [5.74, 6) is 0. The van der Waals surface area contributed by atoms with Crippen LogP contribution in [0.2, 0.25) is 0 Å². The highest BCUT2D eigenvalue weighted by Gasteiger charge is 2.29. The van der Waals surface area contributed by atoms with Crippen LogP contribution in [0.1, 0.15) is 19.3 Å². The number of nitrogens with zero attached hydrogens (tertiary/aromatic N) is 6. The van der Waals surface area contributed by atoms with Crippen molar-refractivity contribution in [2.45, 2.75) is 19.3 Å². The molecule has 0 aromatic heterocycles. The predicted molar refractivity (Wildman–Crippen MR) is 93.3 cm³/mol. The van der Waals surface area contributed by atoms with E-state index in [4.69, 9.17) is 15.8 Å². The van der Waals surface area contributed by atoms with Gasteiger partial charge in [0.25, 0.3) is 11.4 Å². The SMILES string of the molecule is N#CC(C#N)=C(C#N)Nc1cc(N2CCCCC2)c([N+](=O)[O-])cc1[N+](=O)[O-]. The van der Waals surface area contributed by atoms with E-state index in [1.54, 1.807) is 11.0 Å². The average Bonchev–Trinajstić information content (AvgIpc) is 2.67. The highest BCUT2D eigenvalue weighted by molar-refractivity contribution is 5.79. The zero-order valence-electron chi connectivity index (χ0n) is 14.0. The molecule has 1 N–H and O–H groups in total. The van der Waals surface area contributed by atoms with E-state index in [-0.39, 0.29) is 11.4 Å². The summed E-state index contributed by atoms with van der Waals surface area (Å²) in [6, 6.07) is 6.69. The van der Waals surface area contributed by atoms with Gasteiger partial charge in [0.1, 0.15) is 35.3 Å². The summed E-state index contributed by atoms with van der Waals surface area (Å²) < 4.78 is 0. The number of anilines is 2. The minimum absolute atomic E-state index is 0.181. The third kappa shape index (κ3) is 4.09. The van der Waals surface area contributed by atoms with Gasteiger partial charge in [0.15, 0.2) is 5.57 Å². The molecule has 0 radical (unpaired) electrons. The smallest absolute Gasteiger partial charge is 0.299 e. The van der Waals surface area contributed by atoms with E-state index < -0.39 is 32.5 Å². The number of nitro benzene ring substituents is 2. The van der Waals surface area contributed by atoms with Crippen molar-refractivity contribution in [1.29, 1.82) is 15.8 Å². The van der Waals surface area contributed by atoms with E-state index in [2.05, 4.69) is 5.32 Å². The molecule has 1 saturated heterocycles. The molecule has 11 nitrogen and oxygen atoms in total. The molecule has 0 bridgehead atoms. The van der Waals surface area contributed by atoms with Crippen LogP contribution >= 0.6 is 0 Å². The molecule has 0 aliphatic carbocycles. The van der Waals surface area contributed by atoms with E-state index in [1.165, 1.54) is 18.2 Å². The van der Waals surface area contributed by atoms with Crippen LogP contribution < -0.4 is 10.2 Å². The van der Waals surface area contributed by atoms with Crippen molar-refractivity contribution in [1.82, 2.24) is 0 Å². The van der Waals surface area contributed by atoms with Gasteiger partial charge in [0.05, 0.1) is 15.9 Å². The summed E-state index contributed by atoms with van der Waals surface area (Å²) >= 11 is 0. The van der Waals surface area contributed by atoms with Crippen molar-refractivity contribution in [2.75, 3.05) is 23.3 Å². The molecule has 1 fully saturated rings. The van der Waals surface area contributed by atoms with Crippen LogP contribution in [-0.2, 0) is 0 Å². The van der Waals surface area contributed by atoms with E-state index >= 15 is 0 Å². The van der Waals surface area contributed by atoms with Crippen LogP contribution in [0.5, 0.6) is 0 Å². The fourth-order valence-corrected chi connectivity index (χ4v) is 2.77. The van der Waals surface area contributed by atoms with Crippen molar-refractivity contribution >= 4 is 22.7 Å². The summed E-state index contributed by atoms with van der Waals surface area (Å²) in [5.41, 5.74) is -2.10. The van der Waals surface area contributed by atoms with Crippen LogP contribution in [-0.4, -0.2) is 22.9 Å². The van der Waals surface area contributed by atoms with E-state index in [0.717, 1.165) is 25.3 Å². The van der Waals surface area contributed by atoms with Gasteiger partial charge in [-0.15, -0.1) is 0 Å². The first-order chi connectivity index (χ1) is 12.9. The van der Waals surface area contributed by atoms with E-state index in [9.17, 15) is 20.2 Å². The van der Waals surface area contributed by atoms with Gasteiger partial charge in [-0.2, -0.15) is 15.8 Å². The minimum Gasteiger partial charge on any atom is -0.366 e. The van der Waals surface area contributed by atoms with Gasteiger partial charge >= 0.3 is 0 Å². The lowest BCUT2D eigenvalue weighted by Crippen LogP contribution is -2.30. The molecule has 27 heavy (non-hydrogen) atoms. The molecule has 0 unspecified atom stereocenters. The maximum absolute atomic E-state index is 11.4. The first-order valence-corrected chi connectivity index (χ1v) is 7.86. The largest absolute Gasteiger partial charge is 0.366 e. The fourth-order valence-electron chi connectivity index (χ4n) is 2.77. The molecule has 1 aliphatic rings. The van der Waals surface area contributed by atoms with Gasteiger partial charge in [-0.05, 0) is 25.3 Å². The van der Waals surface area contributed by atoms with Crippen LogP contribution in [0.4, 0.5) is 22.7 Å². The Kier molecular flexibility index (Phi) is 5.87. The summed E-state index contributed by atoms with van der Waals surface area (Å²) in [4.78, 5) is 23.0. The third-order valence-corrected chi connectivity index (χ3v) is 4.03. The first-order valence-electron chi connectivity index (χ1n) is 7.86. The molecule has 136 valence electrons. The molecule has 1 heterocycles. The van der Waals surface area contributed by atoms with Crippen LogP contribution in [0.15, 0.2) is 23.4 Å². The lowest BCUT2D eigenvalue weighted by Gasteiger charge is -2.28. The first kappa shape index (κ1) is 19.2. The van der Waals surface area contributed by atoms with Crippen molar-refractivity contribution in [3.8, 4) is 18.2 Å². The Morgan fingerprint density at radius 1 is 0.963 bits per heavy atom. The monoisotopic (exact) mass is 367 g/mol. The Morgan fingerprint density at radius 3 is 2.04 bits per heavy atom. The predicted octanol–water partition coefficient (Wildman–Crippen LogP) is 2.73. The Balaban J connectivity index is 2.65. The zero-order chi connectivity index (χ0) is 20.0. The van der Waals surface area contributed by atoms with Gasteiger partial charge in [-0.25, -0.2) is 0 Å². The number of piperidine rings is 1. The van der Waals surface area contributed by atoms with Gasteiger partial charge in [0.2, 0.25) is 0 Å². The number of nitro groups is 2. The van der Waals surface area contributed by atoms with Gasteiger partial charge in [0, 0.05) is 13.1 Å². The topological polar surface area (TPSA) is 173 Å². The molecule has 1 aliphatic heterocycles. The second kappa shape index (κ2) is 8.28. The van der Waals surface area contributed by atoms with Crippen LogP contribution in [0.25, 0.3) is 0 Å². The van der Waals surface area contributed by atoms with Crippen molar-refractivity contribution in [3.05, 3.63) is 43.6 Å². The normalized spacial score (nSPS) is 12.9. The highest BCUT2D eigenvalue weighted by atomic mass is 16.6. The van der Waals surface area contributed by atoms with Crippen molar-refractivity contribution in [2.24, 2.45) is 0 Å². The average molecular weight is 367 g/mol. The Bertz CT molecular complexity index is 927. The number of benzene rings is 1. The van der Waals surface area contributed by atoms with Crippen molar-refractivity contribution < 1.29 is 9.85 Å². The molecule has 0 spiro atoms. The summed E-state index contributed by atoms with van der Waals surface area (Å²) in [5, 5.41) is 52.2. The maximum Gasteiger partial charge on any atom is 0.299 e. The second-order valence-corrected chi connectivity index (χ2v) is 5.63. The number of rotatable bonds is 5. The molecule has 0 amide bonds. The minimum atomic E-state index is -0.831. The molecular formula is C16H13N7O4. The van der Waals surface area contributed by atoms with Crippen LogP contribution in [0, 0.1) is 54.2 Å². The molecule has 1 aromatic carbocycles. The summed E-state index contributed by atoms with van der Waals surface area (Å²) in [6.07, 6.45) is 2.64. The Labute approximate surface area is 153 Å². The number of nitriles is 3. The molecule has 0 saturated carbocycles. The Hall–Kier alpha value is -4.17. The highest BCUT2D eigenvalue weighted by Crippen LogP contribution is 2.39. The molecule has 2 rings (SSSR count). The number of allylic oxidation sites excluding steroid dienone is 2. The zero-order valence-corrected chi connectivity index (χ0v) is 14.0.